The second-order valence-corrected chi connectivity index (χ2v) is 5.13. The van der Waals surface area contributed by atoms with Gasteiger partial charge in [0.2, 0.25) is 0 Å². The zero-order chi connectivity index (χ0) is 12.4. The van der Waals surface area contributed by atoms with Crippen LogP contribution in [0.25, 0.3) is 10.8 Å². The Kier molecular flexibility index (Phi) is 2.95. The summed E-state index contributed by atoms with van der Waals surface area (Å²) in [5.74, 6) is 0.329. The Balaban J connectivity index is 2.08. The number of hydrogen-bond donors (Lipinski definition) is 1. The molecule has 0 atom stereocenters. The van der Waals surface area contributed by atoms with Crippen LogP contribution in [-0.2, 0) is 0 Å². The van der Waals surface area contributed by atoms with E-state index in [0.717, 1.165) is 9.79 Å². The third kappa shape index (κ3) is 2.07. The summed E-state index contributed by atoms with van der Waals surface area (Å²) >= 11 is 1.59. The quantitative estimate of drug-likeness (QED) is 0.713. The molecule has 1 N–H and O–H groups in total. The normalized spacial score (nSPS) is 10.7. The van der Waals surface area contributed by atoms with E-state index >= 15 is 0 Å². The van der Waals surface area contributed by atoms with E-state index < -0.39 is 0 Å². The molecule has 0 aliphatic rings. The zero-order valence-electron chi connectivity index (χ0n) is 9.71. The molecule has 0 heterocycles. The second-order valence-electron chi connectivity index (χ2n) is 4.05. The molecule has 0 fully saturated rings. The second kappa shape index (κ2) is 4.75. The molecule has 0 aliphatic heterocycles. The van der Waals surface area contributed by atoms with Crippen molar-refractivity contribution >= 4 is 22.5 Å². The zero-order valence-corrected chi connectivity index (χ0v) is 10.5. The number of hydrogen-bond acceptors (Lipinski definition) is 2. The van der Waals surface area contributed by atoms with E-state index in [2.05, 4.69) is 24.3 Å². The molecular weight excluding hydrogens is 240 g/mol. The van der Waals surface area contributed by atoms with Gasteiger partial charge in [0.15, 0.2) is 0 Å². The molecule has 1 nitrogen and oxygen atoms in total. The first-order chi connectivity index (χ1) is 8.84. The minimum absolute atomic E-state index is 0.329. The van der Waals surface area contributed by atoms with E-state index in [9.17, 15) is 5.11 Å². The predicted octanol–water partition coefficient (Wildman–Crippen LogP) is 4.70. The number of benzene rings is 3. The van der Waals surface area contributed by atoms with Gasteiger partial charge < -0.3 is 5.11 Å². The molecule has 0 spiro atoms. The summed E-state index contributed by atoms with van der Waals surface area (Å²) in [4.78, 5) is 2.04. The highest BCUT2D eigenvalue weighted by Gasteiger charge is 2.05. The van der Waals surface area contributed by atoms with Crippen molar-refractivity contribution in [1.82, 2.24) is 0 Å². The van der Waals surface area contributed by atoms with Gasteiger partial charge in [-0.25, -0.2) is 0 Å². The Morgan fingerprint density at radius 2 is 1.33 bits per heavy atom. The Morgan fingerprint density at radius 1 is 0.667 bits per heavy atom. The minimum atomic E-state index is 0.329. The van der Waals surface area contributed by atoms with Crippen molar-refractivity contribution in [2.24, 2.45) is 0 Å². The summed E-state index contributed by atoms with van der Waals surface area (Å²) in [7, 11) is 0. The van der Waals surface area contributed by atoms with E-state index in [0.29, 0.717) is 5.75 Å². The van der Waals surface area contributed by atoms with Crippen molar-refractivity contribution in [1.29, 1.82) is 0 Å². The van der Waals surface area contributed by atoms with Gasteiger partial charge >= 0.3 is 0 Å². The molecule has 3 aromatic rings. The molecule has 0 aromatic heterocycles. The van der Waals surface area contributed by atoms with Crippen molar-refractivity contribution in [2.45, 2.75) is 9.79 Å². The minimum Gasteiger partial charge on any atom is -0.507 e. The van der Waals surface area contributed by atoms with E-state index in [4.69, 9.17) is 0 Å². The molecule has 2 heteroatoms. The number of rotatable bonds is 2. The summed E-state index contributed by atoms with van der Waals surface area (Å²) in [5, 5.41) is 12.3. The molecule has 0 unspecified atom stereocenters. The standard InChI is InChI=1S/C16H12OS/c17-14-9-3-4-10-16(14)18-15-11-5-7-12-6-1-2-8-13(12)15/h1-11,17H. The van der Waals surface area contributed by atoms with Crippen LogP contribution in [0, 0.1) is 0 Å². The third-order valence-corrected chi connectivity index (χ3v) is 3.98. The van der Waals surface area contributed by atoms with E-state index in [1.165, 1.54) is 10.8 Å². The smallest absolute Gasteiger partial charge is 0.129 e. The predicted molar refractivity (Wildman–Crippen MR) is 76.2 cm³/mol. The van der Waals surface area contributed by atoms with Gasteiger partial charge in [-0.1, -0.05) is 60.3 Å². The Morgan fingerprint density at radius 3 is 2.22 bits per heavy atom. The van der Waals surface area contributed by atoms with Crippen molar-refractivity contribution in [2.75, 3.05) is 0 Å². The lowest BCUT2D eigenvalue weighted by Crippen LogP contribution is -1.78. The average molecular weight is 252 g/mol. The number of aromatic hydroxyl groups is 1. The highest BCUT2D eigenvalue weighted by molar-refractivity contribution is 7.99. The summed E-state index contributed by atoms with van der Waals surface area (Å²) in [5.41, 5.74) is 0. The molecule has 18 heavy (non-hydrogen) atoms. The molecule has 3 rings (SSSR count). The fraction of sp³-hybridized carbons (Fsp3) is 0. The molecule has 0 saturated heterocycles. The maximum atomic E-state index is 9.82. The largest absolute Gasteiger partial charge is 0.507 e. The van der Waals surface area contributed by atoms with Crippen LogP contribution in [0.3, 0.4) is 0 Å². The first-order valence-electron chi connectivity index (χ1n) is 5.78. The van der Waals surface area contributed by atoms with Crippen molar-refractivity contribution in [3.63, 3.8) is 0 Å². The Labute approximate surface area is 110 Å². The summed E-state index contributed by atoms with van der Waals surface area (Å²) in [6, 6.07) is 21.9. The van der Waals surface area contributed by atoms with Crippen LogP contribution < -0.4 is 0 Å². The van der Waals surface area contributed by atoms with E-state index in [1.54, 1.807) is 17.8 Å². The Hall–Kier alpha value is -1.93. The van der Waals surface area contributed by atoms with Gasteiger partial charge in [-0.3, -0.25) is 0 Å². The monoisotopic (exact) mass is 252 g/mol. The molecule has 0 radical (unpaired) electrons. The summed E-state index contributed by atoms with van der Waals surface area (Å²) in [6.07, 6.45) is 0. The van der Waals surface area contributed by atoms with Crippen LogP contribution >= 0.6 is 11.8 Å². The van der Waals surface area contributed by atoms with Gasteiger partial charge in [-0.15, -0.1) is 0 Å². The van der Waals surface area contributed by atoms with Crippen LogP contribution in [0.5, 0.6) is 5.75 Å². The van der Waals surface area contributed by atoms with Crippen LogP contribution in [0.2, 0.25) is 0 Å². The fourth-order valence-corrected chi connectivity index (χ4v) is 2.95. The molecule has 88 valence electrons. The van der Waals surface area contributed by atoms with Gasteiger partial charge in [0.25, 0.3) is 0 Å². The van der Waals surface area contributed by atoms with Gasteiger partial charge in [-0.2, -0.15) is 0 Å². The lowest BCUT2D eigenvalue weighted by molar-refractivity contribution is 0.462. The van der Waals surface area contributed by atoms with Gasteiger partial charge in [0.1, 0.15) is 5.75 Å². The highest BCUT2D eigenvalue weighted by Crippen LogP contribution is 2.37. The maximum Gasteiger partial charge on any atom is 0.129 e. The highest BCUT2D eigenvalue weighted by atomic mass is 32.2. The van der Waals surface area contributed by atoms with Gasteiger partial charge in [0.05, 0.1) is 4.90 Å². The topological polar surface area (TPSA) is 20.2 Å². The molecule has 0 amide bonds. The number of fused-ring (bicyclic) bond motifs is 1. The number of phenols is 1. The first kappa shape index (κ1) is 11.2. The van der Waals surface area contributed by atoms with Crippen LogP contribution in [0.4, 0.5) is 0 Å². The van der Waals surface area contributed by atoms with Crippen LogP contribution in [0.15, 0.2) is 76.5 Å². The van der Waals surface area contributed by atoms with Crippen molar-refractivity contribution in [3.05, 3.63) is 66.7 Å². The van der Waals surface area contributed by atoms with Gasteiger partial charge in [0, 0.05) is 4.90 Å². The van der Waals surface area contributed by atoms with Gasteiger partial charge in [-0.05, 0) is 29.0 Å². The maximum absolute atomic E-state index is 9.82. The average Bonchev–Trinajstić information content (AvgIpc) is 2.42. The van der Waals surface area contributed by atoms with Crippen molar-refractivity contribution < 1.29 is 5.11 Å². The molecule has 0 aliphatic carbocycles. The third-order valence-electron chi connectivity index (χ3n) is 2.83. The molecular formula is C16H12OS. The van der Waals surface area contributed by atoms with E-state index in [1.807, 2.05) is 36.4 Å². The SMILES string of the molecule is Oc1ccccc1Sc1cccc2ccccc12. The number of para-hydroxylation sites is 1. The lowest BCUT2D eigenvalue weighted by Gasteiger charge is -2.07. The summed E-state index contributed by atoms with van der Waals surface area (Å²) in [6.45, 7) is 0. The van der Waals surface area contributed by atoms with E-state index in [-0.39, 0.29) is 0 Å². The van der Waals surface area contributed by atoms with Crippen LogP contribution in [0.1, 0.15) is 0 Å². The van der Waals surface area contributed by atoms with Crippen LogP contribution in [-0.4, -0.2) is 5.11 Å². The summed E-state index contributed by atoms with van der Waals surface area (Å²) < 4.78 is 0. The van der Waals surface area contributed by atoms with Crippen molar-refractivity contribution in [3.8, 4) is 5.75 Å². The molecule has 3 aromatic carbocycles. The number of phenolic OH excluding ortho intramolecular Hbond substituents is 1. The fourth-order valence-electron chi connectivity index (χ4n) is 1.95. The first-order valence-corrected chi connectivity index (χ1v) is 6.60. The molecule has 0 bridgehead atoms. The molecule has 0 saturated carbocycles. The lowest BCUT2D eigenvalue weighted by atomic mass is 10.1. The Bertz CT molecular complexity index is 686.